The second-order valence-electron chi connectivity index (χ2n) is 4.75. The summed E-state index contributed by atoms with van der Waals surface area (Å²) in [6, 6.07) is 11.2. The summed E-state index contributed by atoms with van der Waals surface area (Å²) in [4.78, 5) is 2.58. The van der Waals surface area contributed by atoms with Crippen molar-refractivity contribution in [3.8, 4) is 0 Å². The van der Waals surface area contributed by atoms with E-state index in [0.29, 0.717) is 0 Å². The molecule has 2 rings (SSSR count). The highest BCUT2D eigenvalue weighted by atomic mass is 16.5. The van der Waals surface area contributed by atoms with Crippen LogP contribution in [-0.2, 0) is 11.3 Å². The van der Waals surface area contributed by atoms with Crippen molar-refractivity contribution in [2.45, 2.75) is 38.8 Å². The Hall–Kier alpha value is -0.860. The zero-order valence-corrected chi connectivity index (χ0v) is 10.8. The van der Waals surface area contributed by atoms with Crippen molar-refractivity contribution in [1.29, 1.82) is 0 Å². The first-order valence-corrected chi connectivity index (χ1v) is 6.76. The minimum atomic E-state index is 0.750. The molecule has 17 heavy (non-hydrogen) atoms. The minimum Gasteiger partial charge on any atom is -0.377 e. The Morgan fingerprint density at radius 1 is 1.29 bits per heavy atom. The fraction of sp³-hybridized carbons (Fsp3) is 0.600. The van der Waals surface area contributed by atoms with E-state index in [4.69, 9.17) is 4.74 Å². The number of rotatable bonds is 6. The monoisotopic (exact) mass is 233 g/mol. The summed E-state index contributed by atoms with van der Waals surface area (Å²) in [7, 11) is 0. The molecule has 1 aliphatic heterocycles. The third-order valence-electron chi connectivity index (χ3n) is 3.61. The maximum absolute atomic E-state index is 5.75. The topological polar surface area (TPSA) is 12.5 Å². The van der Waals surface area contributed by atoms with E-state index in [1.807, 2.05) is 6.07 Å². The Morgan fingerprint density at radius 2 is 2.12 bits per heavy atom. The molecule has 1 aliphatic rings. The number of likely N-dealkylation sites (tertiary alicyclic amines) is 1. The van der Waals surface area contributed by atoms with Crippen LogP contribution >= 0.6 is 0 Å². The first kappa shape index (κ1) is 12.6. The third kappa shape index (κ3) is 3.83. The number of ether oxygens (including phenoxy) is 1. The van der Waals surface area contributed by atoms with Gasteiger partial charge < -0.3 is 9.64 Å². The molecular formula is C15H23NO. The fourth-order valence-corrected chi connectivity index (χ4v) is 2.62. The van der Waals surface area contributed by atoms with Crippen LogP contribution in [0, 0.1) is 0 Å². The van der Waals surface area contributed by atoms with E-state index in [-0.39, 0.29) is 0 Å². The smallest absolute Gasteiger partial charge is 0.0716 e. The molecule has 0 spiro atoms. The molecule has 2 nitrogen and oxygen atoms in total. The van der Waals surface area contributed by atoms with Gasteiger partial charge in [-0.05, 0) is 37.9 Å². The Balaban J connectivity index is 1.63. The van der Waals surface area contributed by atoms with Gasteiger partial charge in [0.1, 0.15) is 0 Å². The van der Waals surface area contributed by atoms with Gasteiger partial charge in [0.15, 0.2) is 0 Å². The zero-order valence-electron chi connectivity index (χ0n) is 10.8. The zero-order chi connectivity index (χ0) is 11.9. The molecule has 2 heteroatoms. The maximum Gasteiger partial charge on any atom is 0.0716 e. The van der Waals surface area contributed by atoms with E-state index in [1.54, 1.807) is 0 Å². The average molecular weight is 233 g/mol. The summed E-state index contributed by atoms with van der Waals surface area (Å²) in [5.41, 5.74) is 1.27. The SMILES string of the molecule is CCN1CCCC1CCOCc1ccccc1. The van der Waals surface area contributed by atoms with Crippen molar-refractivity contribution in [2.24, 2.45) is 0 Å². The van der Waals surface area contributed by atoms with Gasteiger partial charge in [-0.15, -0.1) is 0 Å². The first-order chi connectivity index (χ1) is 8.40. The molecule has 0 amide bonds. The van der Waals surface area contributed by atoms with Crippen LogP contribution in [0.15, 0.2) is 30.3 Å². The Bertz CT molecular complexity index is 312. The summed E-state index contributed by atoms with van der Waals surface area (Å²) in [5.74, 6) is 0. The van der Waals surface area contributed by atoms with E-state index in [9.17, 15) is 0 Å². The molecule has 0 aliphatic carbocycles. The molecule has 1 aromatic rings. The molecule has 1 atom stereocenters. The molecule has 1 heterocycles. The quantitative estimate of drug-likeness (QED) is 0.700. The molecule has 1 fully saturated rings. The molecule has 1 saturated heterocycles. The summed E-state index contributed by atoms with van der Waals surface area (Å²) >= 11 is 0. The Labute approximate surface area is 105 Å². The van der Waals surface area contributed by atoms with Crippen LogP contribution in [0.1, 0.15) is 31.7 Å². The van der Waals surface area contributed by atoms with E-state index >= 15 is 0 Å². The van der Waals surface area contributed by atoms with Gasteiger partial charge in [0.05, 0.1) is 6.61 Å². The van der Waals surface area contributed by atoms with E-state index in [2.05, 4.69) is 36.1 Å². The molecule has 0 saturated carbocycles. The van der Waals surface area contributed by atoms with Gasteiger partial charge >= 0.3 is 0 Å². The normalized spacial score (nSPS) is 20.9. The Morgan fingerprint density at radius 3 is 2.88 bits per heavy atom. The van der Waals surface area contributed by atoms with Crippen molar-refractivity contribution in [1.82, 2.24) is 4.90 Å². The van der Waals surface area contributed by atoms with Crippen LogP contribution in [0.4, 0.5) is 0 Å². The predicted molar refractivity (Wildman–Crippen MR) is 71.0 cm³/mol. The van der Waals surface area contributed by atoms with Crippen molar-refractivity contribution in [3.05, 3.63) is 35.9 Å². The van der Waals surface area contributed by atoms with Gasteiger partial charge in [0, 0.05) is 12.6 Å². The van der Waals surface area contributed by atoms with E-state index in [1.165, 1.54) is 37.9 Å². The molecule has 1 unspecified atom stereocenters. The maximum atomic E-state index is 5.75. The van der Waals surface area contributed by atoms with Gasteiger partial charge in [-0.25, -0.2) is 0 Å². The van der Waals surface area contributed by atoms with Crippen molar-refractivity contribution >= 4 is 0 Å². The molecular weight excluding hydrogens is 210 g/mol. The summed E-state index contributed by atoms with van der Waals surface area (Å²) in [6.07, 6.45) is 3.89. The lowest BCUT2D eigenvalue weighted by Crippen LogP contribution is -2.30. The van der Waals surface area contributed by atoms with Crippen LogP contribution in [0.3, 0.4) is 0 Å². The van der Waals surface area contributed by atoms with Crippen LogP contribution in [0.5, 0.6) is 0 Å². The lowest BCUT2D eigenvalue weighted by molar-refractivity contribution is 0.0982. The van der Waals surface area contributed by atoms with Gasteiger partial charge in [0.2, 0.25) is 0 Å². The number of hydrogen-bond acceptors (Lipinski definition) is 2. The van der Waals surface area contributed by atoms with Crippen LogP contribution in [0.2, 0.25) is 0 Å². The number of nitrogens with zero attached hydrogens (tertiary/aromatic N) is 1. The van der Waals surface area contributed by atoms with Gasteiger partial charge in [-0.2, -0.15) is 0 Å². The minimum absolute atomic E-state index is 0.750. The van der Waals surface area contributed by atoms with Crippen LogP contribution in [0.25, 0.3) is 0 Å². The fourth-order valence-electron chi connectivity index (χ4n) is 2.62. The third-order valence-corrected chi connectivity index (χ3v) is 3.61. The summed E-state index contributed by atoms with van der Waals surface area (Å²) < 4.78 is 5.75. The van der Waals surface area contributed by atoms with E-state index in [0.717, 1.165) is 19.3 Å². The van der Waals surface area contributed by atoms with Crippen molar-refractivity contribution < 1.29 is 4.74 Å². The second-order valence-corrected chi connectivity index (χ2v) is 4.75. The largest absolute Gasteiger partial charge is 0.377 e. The molecule has 0 aromatic heterocycles. The molecule has 1 aromatic carbocycles. The van der Waals surface area contributed by atoms with Gasteiger partial charge in [-0.3, -0.25) is 0 Å². The lowest BCUT2D eigenvalue weighted by atomic mass is 10.1. The molecule has 94 valence electrons. The highest BCUT2D eigenvalue weighted by molar-refractivity contribution is 5.13. The Kier molecular flexibility index (Phi) is 5.02. The second kappa shape index (κ2) is 6.77. The van der Waals surface area contributed by atoms with Gasteiger partial charge in [0.25, 0.3) is 0 Å². The molecule has 0 radical (unpaired) electrons. The standard InChI is InChI=1S/C15H23NO/c1-2-16-11-6-9-15(16)10-12-17-13-14-7-4-3-5-8-14/h3-5,7-8,15H,2,6,9-13H2,1H3. The number of hydrogen-bond donors (Lipinski definition) is 0. The van der Waals surface area contributed by atoms with Crippen molar-refractivity contribution in [2.75, 3.05) is 19.7 Å². The molecule has 0 bridgehead atoms. The lowest BCUT2D eigenvalue weighted by Gasteiger charge is -2.22. The van der Waals surface area contributed by atoms with Crippen LogP contribution in [-0.4, -0.2) is 30.6 Å². The van der Waals surface area contributed by atoms with Crippen molar-refractivity contribution in [3.63, 3.8) is 0 Å². The number of benzene rings is 1. The molecule has 0 N–H and O–H groups in total. The average Bonchev–Trinajstić information content (AvgIpc) is 2.83. The highest BCUT2D eigenvalue weighted by Gasteiger charge is 2.22. The van der Waals surface area contributed by atoms with Crippen LogP contribution < -0.4 is 0 Å². The van der Waals surface area contributed by atoms with E-state index < -0.39 is 0 Å². The van der Waals surface area contributed by atoms with Gasteiger partial charge in [-0.1, -0.05) is 37.3 Å². The predicted octanol–water partition coefficient (Wildman–Crippen LogP) is 3.08. The summed E-state index contributed by atoms with van der Waals surface area (Å²) in [5, 5.41) is 0. The summed E-state index contributed by atoms with van der Waals surface area (Å²) in [6.45, 7) is 6.35. The highest BCUT2D eigenvalue weighted by Crippen LogP contribution is 2.19. The first-order valence-electron chi connectivity index (χ1n) is 6.76.